The molecule has 1 N–H and O–H groups in total. The Morgan fingerprint density at radius 1 is 1.05 bits per heavy atom. The van der Waals surface area contributed by atoms with Crippen LogP contribution in [0.25, 0.3) is 12.2 Å². The second-order valence-corrected chi connectivity index (χ2v) is 3.52. The first-order valence-corrected chi connectivity index (χ1v) is 6.18. The number of pyridine rings is 1. The summed E-state index contributed by atoms with van der Waals surface area (Å²) in [5.41, 5.74) is 2.01. The van der Waals surface area contributed by atoms with Crippen LogP contribution in [0, 0.1) is 0 Å². The predicted molar refractivity (Wildman–Crippen MR) is 77.9 cm³/mol. The molecule has 2 rings (SSSR count). The third kappa shape index (κ3) is 4.76. The highest BCUT2D eigenvalue weighted by molar-refractivity contribution is 5.87. The molecular formula is C16H17NO2. The topological polar surface area (TPSA) is 50.2 Å². The maximum atomic E-state index is 10.6. The van der Waals surface area contributed by atoms with Crippen LogP contribution in [-0.4, -0.2) is 16.1 Å². The van der Waals surface area contributed by atoms with Crippen LogP contribution in [0.4, 0.5) is 0 Å². The van der Waals surface area contributed by atoms with Crippen molar-refractivity contribution < 1.29 is 9.90 Å². The van der Waals surface area contributed by atoms with E-state index in [0.29, 0.717) is 0 Å². The first-order chi connectivity index (χ1) is 9.25. The summed E-state index contributed by atoms with van der Waals surface area (Å²) in [4.78, 5) is 14.7. The number of benzene rings is 1. The maximum Gasteiger partial charge on any atom is 0.337 e. The molecule has 0 spiro atoms. The monoisotopic (exact) mass is 255 g/mol. The van der Waals surface area contributed by atoms with Crippen molar-refractivity contribution in [1.29, 1.82) is 0 Å². The highest BCUT2D eigenvalue weighted by Crippen LogP contribution is 2.07. The van der Waals surface area contributed by atoms with Gasteiger partial charge in [0.1, 0.15) is 0 Å². The molecule has 19 heavy (non-hydrogen) atoms. The highest BCUT2D eigenvalue weighted by Gasteiger charge is 2.00. The fourth-order valence-electron chi connectivity index (χ4n) is 1.38. The van der Waals surface area contributed by atoms with Crippen LogP contribution < -0.4 is 0 Å². The Hall–Kier alpha value is -2.42. The minimum atomic E-state index is -0.962. The van der Waals surface area contributed by atoms with Gasteiger partial charge in [0.2, 0.25) is 0 Å². The van der Waals surface area contributed by atoms with E-state index >= 15 is 0 Å². The van der Waals surface area contributed by atoms with Gasteiger partial charge in [-0.25, -0.2) is 4.79 Å². The molecule has 1 aromatic carbocycles. The Kier molecular flexibility index (Phi) is 6.03. The summed E-state index contributed by atoms with van der Waals surface area (Å²) >= 11 is 0. The van der Waals surface area contributed by atoms with Gasteiger partial charge in [0.25, 0.3) is 0 Å². The van der Waals surface area contributed by atoms with Crippen molar-refractivity contribution in [2.24, 2.45) is 0 Å². The molecule has 0 radical (unpaired) electrons. The lowest BCUT2D eigenvalue weighted by molar-refractivity contribution is 0.0696. The van der Waals surface area contributed by atoms with Crippen LogP contribution >= 0.6 is 0 Å². The predicted octanol–water partition coefficient (Wildman–Crippen LogP) is 3.98. The van der Waals surface area contributed by atoms with Crippen LogP contribution in [-0.2, 0) is 0 Å². The van der Waals surface area contributed by atoms with Gasteiger partial charge in [-0.15, -0.1) is 0 Å². The average molecular weight is 255 g/mol. The van der Waals surface area contributed by atoms with Gasteiger partial charge in [0.15, 0.2) is 0 Å². The van der Waals surface area contributed by atoms with E-state index in [1.54, 1.807) is 12.1 Å². The fraction of sp³-hybridized carbons (Fsp3) is 0.125. The molecule has 0 saturated carbocycles. The van der Waals surface area contributed by atoms with Crippen molar-refractivity contribution >= 4 is 18.1 Å². The van der Waals surface area contributed by atoms with E-state index in [4.69, 9.17) is 5.11 Å². The van der Waals surface area contributed by atoms with Crippen LogP contribution in [0.2, 0.25) is 0 Å². The van der Waals surface area contributed by atoms with Gasteiger partial charge >= 0.3 is 5.97 Å². The molecule has 0 amide bonds. The average Bonchev–Trinajstić information content (AvgIpc) is 2.49. The summed E-state index contributed by atoms with van der Waals surface area (Å²) in [5, 5.41) is 8.73. The van der Waals surface area contributed by atoms with E-state index in [0.717, 1.165) is 11.3 Å². The molecule has 0 fully saturated rings. The molecule has 1 heterocycles. The van der Waals surface area contributed by atoms with Crippen molar-refractivity contribution in [3.05, 3.63) is 65.5 Å². The molecule has 3 nitrogen and oxygen atoms in total. The van der Waals surface area contributed by atoms with Crippen LogP contribution in [0.1, 0.15) is 35.5 Å². The van der Waals surface area contributed by atoms with Crippen LogP contribution in [0.5, 0.6) is 0 Å². The molecule has 0 aliphatic rings. The number of carboxylic acids is 1. The fourth-order valence-corrected chi connectivity index (χ4v) is 1.38. The Labute approximate surface area is 113 Å². The number of hydrogen-bond acceptors (Lipinski definition) is 2. The SMILES string of the molecule is CC.O=C(O)c1ccc(/C=C/c2ccccc2)nc1. The molecule has 0 bridgehead atoms. The van der Waals surface area contributed by atoms with Crippen molar-refractivity contribution in [2.45, 2.75) is 13.8 Å². The lowest BCUT2D eigenvalue weighted by Gasteiger charge is -1.95. The molecular weight excluding hydrogens is 238 g/mol. The smallest absolute Gasteiger partial charge is 0.337 e. The lowest BCUT2D eigenvalue weighted by atomic mass is 10.2. The summed E-state index contributed by atoms with van der Waals surface area (Å²) in [6, 6.07) is 13.1. The first kappa shape index (κ1) is 14.6. The molecule has 0 aliphatic heterocycles. The molecule has 2 aromatic rings. The normalized spacial score (nSPS) is 9.79. The van der Waals surface area contributed by atoms with Gasteiger partial charge in [-0.05, 0) is 23.8 Å². The highest BCUT2D eigenvalue weighted by atomic mass is 16.4. The maximum absolute atomic E-state index is 10.6. The summed E-state index contributed by atoms with van der Waals surface area (Å²) in [7, 11) is 0. The summed E-state index contributed by atoms with van der Waals surface area (Å²) < 4.78 is 0. The number of nitrogens with zero attached hydrogens (tertiary/aromatic N) is 1. The zero-order chi connectivity index (χ0) is 14.1. The van der Waals surface area contributed by atoms with Gasteiger partial charge in [-0.1, -0.05) is 50.3 Å². The van der Waals surface area contributed by atoms with E-state index in [9.17, 15) is 4.79 Å². The first-order valence-electron chi connectivity index (χ1n) is 6.18. The molecule has 0 unspecified atom stereocenters. The van der Waals surface area contributed by atoms with Crippen molar-refractivity contribution in [1.82, 2.24) is 4.98 Å². The van der Waals surface area contributed by atoms with E-state index in [2.05, 4.69) is 4.98 Å². The van der Waals surface area contributed by atoms with E-state index in [-0.39, 0.29) is 5.56 Å². The third-order valence-electron chi connectivity index (χ3n) is 2.28. The minimum Gasteiger partial charge on any atom is -0.478 e. The van der Waals surface area contributed by atoms with Gasteiger partial charge in [-0.3, -0.25) is 4.98 Å². The molecule has 3 heteroatoms. The van der Waals surface area contributed by atoms with Crippen LogP contribution in [0.15, 0.2) is 48.7 Å². The summed E-state index contributed by atoms with van der Waals surface area (Å²) in [6.07, 6.45) is 5.14. The van der Waals surface area contributed by atoms with Gasteiger partial charge in [0, 0.05) is 6.20 Å². The standard InChI is InChI=1S/C14H11NO2.C2H6/c16-14(17)12-7-9-13(15-10-12)8-6-11-4-2-1-3-5-11;1-2/h1-10H,(H,16,17);1-2H3/b8-6+;. The number of carboxylic acid groups (broad SMARTS) is 1. The molecule has 1 aromatic heterocycles. The Morgan fingerprint density at radius 3 is 2.26 bits per heavy atom. The second-order valence-electron chi connectivity index (χ2n) is 3.52. The lowest BCUT2D eigenvalue weighted by Crippen LogP contribution is -1.96. The number of carbonyl (C=O) groups is 1. The molecule has 0 aliphatic carbocycles. The van der Waals surface area contributed by atoms with Crippen molar-refractivity contribution in [3.63, 3.8) is 0 Å². The summed E-state index contributed by atoms with van der Waals surface area (Å²) in [6.45, 7) is 4.00. The van der Waals surface area contributed by atoms with Crippen molar-refractivity contribution in [2.75, 3.05) is 0 Å². The zero-order valence-corrected chi connectivity index (χ0v) is 11.1. The second kappa shape index (κ2) is 7.82. The van der Waals surface area contributed by atoms with E-state index in [1.807, 2.05) is 56.3 Å². The number of rotatable bonds is 3. The van der Waals surface area contributed by atoms with Crippen molar-refractivity contribution in [3.8, 4) is 0 Å². The molecule has 0 atom stereocenters. The largest absolute Gasteiger partial charge is 0.478 e. The summed E-state index contributed by atoms with van der Waals surface area (Å²) in [5.74, 6) is -0.962. The number of aromatic carboxylic acids is 1. The van der Waals surface area contributed by atoms with Crippen LogP contribution in [0.3, 0.4) is 0 Å². The van der Waals surface area contributed by atoms with Gasteiger partial charge in [-0.2, -0.15) is 0 Å². The minimum absolute atomic E-state index is 0.196. The number of aromatic nitrogens is 1. The zero-order valence-electron chi connectivity index (χ0n) is 11.1. The third-order valence-corrected chi connectivity index (χ3v) is 2.28. The Balaban J connectivity index is 0.000000861. The Morgan fingerprint density at radius 2 is 1.74 bits per heavy atom. The molecule has 98 valence electrons. The quantitative estimate of drug-likeness (QED) is 0.902. The van der Waals surface area contributed by atoms with Gasteiger partial charge in [0.05, 0.1) is 11.3 Å². The molecule has 0 saturated heterocycles. The number of hydrogen-bond donors (Lipinski definition) is 1. The van der Waals surface area contributed by atoms with E-state index in [1.165, 1.54) is 6.20 Å². The van der Waals surface area contributed by atoms with E-state index < -0.39 is 5.97 Å². The Bertz CT molecular complexity index is 530. The van der Waals surface area contributed by atoms with Gasteiger partial charge < -0.3 is 5.11 Å².